The number of benzene rings is 1. The number of hydrogen-bond acceptors (Lipinski definition) is 6. The summed E-state index contributed by atoms with van der Waals surface area (Å²) in [6.45, 7) is 3.79. The Bertz CT molecular complexity index is 1650. The first-order valence-corrected chi connectivity index (χ1v) is 10.8. The predicted octanol–water partition coefficient (Wildman–Crippen LogP) is 5.20. The van der Waals surface area contributed by atoms with Crippen LogP contribution in [0.5, 0.6) is 11.6 Å². The molecule has 0 amide bonds. The van der Waals surface area contributed by atoms with Crippen LogP contribution in [0.3, 0.4) is 0 Å². The lowest BCUT2D eigenvalue weighted by atomic mass is 9.97. The lowest BCUT2D eigenvalue weighted by molar-refractivity contribution is 0.427. The molecule has 0 aliphatic carbocycles. The molecule has 2 N–H and O–H groups in total. The van der Waals surface area contributed by atoms with Crippen molar-refractivity contribution < 1.29 is 9.13 Å². The van der Waals surface area contributed by atoms with Crippen molar-refractivity contribution in [2.24, 2.45) is 7.05 Å². The van der Waals surface area contributed by atoms with E-state index >= 15 is 4.39 Å². The Hall–Kier alpha value is -4.77. The van der Waals surface area contributed by atoms with Crippen molar-refractivity contribution in [3.63, 3.8) is 0 Å². The second-order valence-corrected chi connectivity index (χ2v) is 8.13. The molecule has 0 saturated carbocycles. The maximum absolute atomic E-state index is 15.3. The van der Waals surface area contributed by atoms with Gasteiger partial charge in [-0.05, 0) is 49.2 Å². The number of terminal acetylenes is 1. The molecule has 4 aromatic heterocycles. The fourth-order valence-electron chi connectivity index (χ4n) is 4.18. The van der Waals surface area contributed by atoms with E-state index < -0.39 is 5.82 Å². The van der Waals surface area contributed by atoms with E-state index in [1.807, 2.05) is 37.6 Å². The van der Waals surface area contributed by atoms with Crippen molar-refractivity contribution in [3.8, 4) is 46.4 Å². The van der Waals surface area contributed by atoms with E-state index in [9.17, 15) is 0 Å². The van der Waals surface area contributed by atoms with Gasteiger partial charge in [-0.25, -0.2) is 24.3 Å². The maximum Gasteiger partial charge on any atom is 0.219 e. The molecule has 0 unspecified atom stereocenters. The van der Waals surface area contributed by atoms with Gasteiger partial charge in [0.25, 0.3) is 0 Å². The van der Waals surface area contributed by atoms with Crippen LogP contribution in [0, 0.1) is 32.0 Å². The molecular formula is C27H21FN6O. The second kappa shape index (κ2) is 8.54. The fourth-order valence-corrected chi connectivity index (χ4v) is 4.18. The van der Waals surface area contributed by atoms with Crippen molar-refractivity contribution in [2.75, 3.05) is 5.73 Å². The van der Waals surface area contributed by atoms with E-state index in [1.165, 1.54) is 12.4 Å². The molecule has 0 aliphatic heterocycles. The number of aryl methyl sites for hydroxylation is 3. The van der Waals surface area contributed by atoms with Gasteiger partial charge in [-0.1, -0.05) is 18.1 Å². The van der Waals surface area contributed by atoms with Crippen molar-refractivity contribution in [1.29, 1.82) is 0 Å². The molecule has 172 valence electrons. The molecule has 0 radical (unpaired) electrons. The van der Waals surface area contributed by atoms with Crippen LogP contribution in [0.1, 0.15) is 17.0 Å². The summed E-state index contributed by atoms with van der Waals surface area (Å²) in [6, 6.07) is 11.9. The number of fused-ring (bicyclic) bond motifs is 1. The Kier molecular flexibility index (Phi) is 5.38. The van der Waals surface area contributed by atoms with Crippen LogP contribution in [0.25, 0.3) is 33.4 Å². The Labute approximate surface area is 201 Å². The highest BCUT2D eigenvalue weighted by molar-refractivity contribution is 6.08. The van der Waals surface area contributed by atoms with Crippen molar-refractivity contribution in [3.05, 3.63) is 77.8 Å². The van der Waals surface area contributed by atoms with Gasteiger partial charge in [0.1, 0.15) is 23.5 Å². The minimum Gasteiger partial charge on any atom is -0.436 e. The van der Waals surface area contributed by atoms with Gasteiger partial charge in [0.05, 0.1) is 11.1 Å². The standard InChI is InChI=1S/C27H21FN6O/c1-5-18-11-15(2)19(13-30-18)25-23(24-26(29)31-14-32-27(24)34(25)4)17-9-10-21(20(28)12-17)35-22-8-6-7-16(3)33-22/h1,6-14H,2-4H3,(H2,29,31,32). The number of ether oxygens (including phenoxy) is 1. The molecule has 5 rings (SSSR count). The first kappa shape index (κ1) is 22.0. The summed E-state index contributed by atoms with van der Waals surface area (Å²) >= 11 is 0. The van der Waals surface area contributed by atoms with Gasteiger partial charge in [0.15, 0.2) is 11.6 Å². The molecule has 0 fully saturated rings. The molecule has 4 heterocycles. The van der Waals surface area contributed by atoms with Crippen LogP contribution in [0.15, 0.2) is 55.0 Å². The SMILES string of the molecule is C#Cc1cc(C)c(-c2c(-c3ccc(Oc4cccc(C)n4)c(F)c3)c3c(N)ncnc3n2C)cn1. The molecule has 0 saturated heterocycles. The van der Waals surface area contributed by atoms with E-state index in [0.29, 0.717) is 39.6 Å². The molecule has 7 nitrogen and oxygen atoms in total. The highest BCUT2D eigenvalue weighted by Gasteiger charge is 2.24. The predicted molar refractivity (Wildman–Crippen MR) is 133 cm³/mol. The van der Waals surface area contributed by atoms with Gasteiger partial charge in [0, 0.05) is 36.1 Å². The number of nitrogen functional groups attached to an aromatic ring is 1. The lowest BCUT2D eigenvalue weighted by Crippen LogP contribution is -1.98. The molecular weight excluding hydrogens is 443 g/mol. The molecule has 0 spiro atoms. The summed E-state index contributed by atoms with van der Waals surface area (Å²) in [4.78, 5) is 17.3. The highest BCUT2D eigenvalue weighted by Crippen LogP contribution is 2.43. The number of nitrogens with zero attached hydrogens (tertiary/aromatic N) is 5. The number of rotatable bonds is 4. The molecule has 5 aromatic rings. The molecule has 8 heteroatoms. The molecule has 0 bridgehead atoms. The number of halogens is 1. The topological polar surface area (TPSA) is 91.7 Å². The van der Waals surface area contributed by atoms with Crippen LogP contribution >= 0.6 is 0 Å². The normalized spacial score (nSPS) is 10.9. The van der Waals surface area contributed by atoms with Crippen molar-refractivity contribution >= 4 is 16.9 Å². The van der Waals surface area contributed by atoms with E-state index in [4.69, 9.17) is 16.9 Å². The first-order chi connectivity index (χ1) is 16.9. The van der Waals surface area contributed by atoms with Gasteiger partial charge in [0.2, 0.25) is 5.88 Å². The van der Waals surface area contributed by atoms with E-state index in [1.54, 1.807) is 30.5 Å². The van der Waals surface area contributed by atoms with Crippen molar-refractivity contribution in [1.82, 2.24) is 24.5 Å². The van der Waals surface area contributed by atoms with Crippen LogP contribution in [-0.4, -0.2) is 24.5 Å². The van der Waals surface area contributed by atoms with Crippen LogP contribution in [-0.2, 0) is 7.05 Å². The second-order valence-electron chi connectivity index (χ2n) is 8.13. The Morgan fingerprint density at radius 2 is 1.91 bits per heavy atom. The largest absolute Gasteiger partial charge is 0.436 e. The number of anilines is 1. The van der Waals surface area contributed by atoms with Gasteiger partial charge < -0.3 is 15.0 Å². The average molecular weight is 465 g/mol. The Morgan fingerprint density at radius 3 is 2.63 bits per heavy atom. The summed E-state index contributed by atoms with van der Waals surface area (Å²) in [7, 11) is 1.87. The van der Waals surface area contributed by atoms with E-state index in [-0.39, 0.29) is 5.75 Å². The minimum atomic E-state index is -0.540. The summed E-state index contributed by atoms with van der Waals surface area (Å²) in [6.07, 6.45) is 8.64. The lowest BCUT2D eigenvalue weighted by Gasteiger charge is -2.13. The zero-order chi connectivity index (χ0) is 24.7. The minimum absolute atomic E-state index is 0.0640. The monoisotopic (exact) mass is 464 g/mol. The third-order valence-electron chi connectivity index (χ3n) is 5.81. The zero-order valence-corrected chi connectivity index (χ0v) is 19.4. The van der Waals surface area contributed by atoms with E-state index in [2.05, 4.69) is 25.9 Å². The number of aromatic nitrogens is 5. The Balaban J connectivity index is 1.71. The van der Waals surface area contributed by atoms with Gasteiger partial charge in [-0.2, -0.15) is 0 Å². The molecule has 0 atom stereocenters. The first-order valence-electron chi connectivity index (χ1n) is 10.8. The van der Waals surface area contributed by atoms with Gasteiger partial charge >= 0.3 is 0 Å². The quantitative estimate of drug-likeness (QED) is 0.368. The summed E-state index contributed by atoms with van der Waals surface area (Å²) in [5.74, 6) is 2.68. The van der Waals surface area contributed by atoms with Crippen molar-refractivity contribution in [2.45, 2.75) is 13.8 Å². The third-order valence-corrected chi connectivity index (χ3v) is 5.81. The summed E-state index contributed by atoms with van der Waals surface area (Å²) in [5, 5.41) is 0.624. The molecule has 0 aliphatic rings. The summed E-state index contributed by atoms with van der Waals surface area (Å²) < 4.78 is 22.9. The van der Waals surface area contributed by atoms with Gasteiger partial charge in [-0.3, -0.25) is 0 Å². The number of nitrogens with two attached hydrogens (primary N) is 1. The number of hydrogen-bond donors (Lipinski definition) is 1. The maximum atomic E-state index is 15.3. The van der Waals surface area contributed by atoms with E-state index in [0.717, 1.165) is 22.5 Å². The molecule has 1 aromatic carbocycles. The zero-order valence-electron chi connectivity index (χ0n) is 19.4. The fraction of sp³-hybridized carbons (Fsp3) is 0.111. The summed E-state index contributed by atoms with van der Waals surface area (Å²) in [5.41, 5.74) is 12.0. The third kappa shape index (κ3) is 3.83. The smallest absolute Gasteiger partial charge is 0.219 e. The highest BCUT2D eigenvalue weighted by atomic mass is 19.1. The van der Waals surface area contributed by atoms with Crippen LogP contribution in [0.4, 0.5) is 10.2 Å². The Morgan fingerprint density at radius 1 is 1.09 bits per heavy atom. The van der Waals surface area contributed by atoms with Crippen LogP contribution in [0.2, 0.25) is 0 Å². The molecule has 35 heavy (non-hydrogen) atoms. The van der Waals surface area contributed by atoms with Gasteiger partial charge in [-0.15, -0.1) is 6.42 Å². The van der Waals surface area contributed by atoms with Crippen LogP contribution < -0.4 is 10.5 Å². The average Bonchev–Trinajstić information content (AvgIpc) is 3.14. The number of pyridine rings is 2.